The van der Waals surface area contributed by atoms with Crippen molar-refractivity contribution in [2.45, 2.75) is 374 Å². The first kappa shape index (κ1) is 69.2. The standard InChI is InChI=1S/C65H124O6/c1-4-7-10-13-16-19-21-23-25-27-29-31-33-35-36-38-40-42-44-46-49-52-55-58-64(67)70-61-62(60-69-63(66)57-54-51-48-18-15-12-9-6-3)71-65(68)59-56-53-50-47-45-43-41-39-37-34-32-30-28-26-24-22-20-17-14-11-8-5-2/h27,29,62H,4-26,28,30-61H2,1-3H3/b29-27-. The zero-order chi connectivity index (χ0) is 51.4. The molecule has 0 N–H and O–H groups in total. The fraction of sp³-hybridized carbons (Fsp3) is 0.923. The van der Waals surface area contributed by atoms with E-state index in [1.807, 2.05) is 0 Å². The molecule has 0 aromatic carbocycles. The highest BCUT2D eigenvalue weighted by atomic mass is 16.6. The fourth-order valence-corrected chi connectivity index (χ4v) is 9.91. The average molecular weight is 1000 g/mol. The van der Waals surface area contributed by atoms with E-state index in [0.717, 1.165) is 57.8 Å². The third-order valence-electron chi connectivity index (χ3n) is 14.8. The van der Waals surface area contributed by atoms with Gasteiger partial charge in [-0.25, -0.2) is 0 Å². The summed E-state index contributed by atoms with van der Waals surface area (Å²) < 4.78 is 16.9. The fourth-order valence-electron chi connectivity index (χ4n) is 9.91. The van der Waals surface area contributed by atoms with Gasteiger partial charge in [0.15, 0.2) is 6.10 Å². The van der Waals surface area contributed by atoms with Crippen LogP contribution in [0.1, 0.15) is 367 Å². The van der Waals surface area contributed by atoms with E-state index in [0.29, 0.717) is 19.3 Å². The summed E-state index contributed by atoms with van der Waals surface area (Å²) in [5, 5.41) is 0. The van der Waals surface area contributed by atoms with Crippen LogP contribution in [0.25, 0.3) is 0 Å². The molecule has 0 aliphatic carbocycles. The lowest BCUT2D eigenvalue weighted by atomic mass is 10.0. The lowest BCUT2D eigenvalue weighted by Crippen LogP contribution is -2.30. The van der Waals surface area contributed by atoms with Crippen LogP contribution < -0.4 is 0 Å². The molecule has 6 heteroatoms. The summed E-state index contributed by atoms with van der Waals surface area (Å²) in [5.41, 5.74) is 0. The van der Waals surface area contributed by atoms with Crippen molar-refractivity contribution in [3.8, 4) is 0 Å². The zero-order valence-electron chi connectivity index (χ0n) is 48.3. The number of carbonyl (C=O) groups is 3. The van der Waals surface area contributed by atoms with E-state index >= 15 is 0 Å². The number of allylic oxidation sites excluding steroid dienone is 2. The van der Waals surface area contributed by atoms with Crippen LogP contribution in [0.15, 0.2) is 12.2 Å². The van der Waals surface area contributed by atoms with Gasteiger partial charge in [0.1, 0.15) is 13.2 Å². The van der Waals surface area contributed by atoms with Crippen LogP contribution >= 0.6 is 0 Å². The minimum Gasteiger partial charge on any atom is -0.462 e. The van der Waals surface area contributed by atoms with E-state index in [4.69, 9.17) is 14.2 Å². The maximum Gasteiger partial charge on any atom is 0.306 e. The molecule has 0 aliphatic rings. The van der Waals surface area contributed by atoms with Crippen LogP contribution in [-0.4, -0.2) is 37.2 Å². The molecule has 0 radical (unpaired) electrons. The summed E-state index contributed by atoms with van der Waals surface area (Å²) in [5.74, 6) is -0.842. The van der Waals surface area contributed by atoms with E-state index < -0.39 is 6.10 Å². The van der Waals surface area contributed by atoms with Crippen molar-refractivity contribution < 1.29 is 28.6 Å². The number of hydrogen-bond donors (Lipinski definition) is 0. The van der Waals surface area contributed by atoms with E-state index in [1.165, 1.54) is 270 Å². The highest BCUT2D eigenvalue weighted by Crippen LogP contribution is 2.18. The molecule has 0 bridgehead atoms. The van der Waals surface area contributed by atoms with Crippen LogP contribution in [0.5, 0.6) is 0 Å². The number of ether oxygens (including phenoxy) is 3. The van der Waals surface area contributed by atoms with Crippen molar-refractivity contribution in [3.05, 3.63) is 12.2 Å². The molecule has 6 nitrogen and oxygen atoms in total. The molecule has 1 atom stereocenters. The molecule has 0 rings (SSSR count). The van der Waals surface area contributed by atoms with Crippen LogP contribution in [-0.2, 0) is 28.6 Å². The monoisotopic (exact) mass is 1000 g/mol. The first-order valence-electron chi connectivity index (χ1n) is 32.2. The van der Waals surface area contributed by atoms with Crippen molar-refractivity contribution in [3.63, 3.8) is 0 Å². The summed E-state index contributed by atoms with van der Waals surface area (Å²) in [7, 11) is 0. The maximum absolute atomic E-state index is 12.9. The lowest BCUT2D eigenvalue weighted by molar-refractivity contribution is -0.167. The maximum atomic E-state index is 12.9. The van der Waals surface area contributed by atoms with Gasteiger partial charge in [-0.3, -0.25) is 14.4 Å². The Morgan fingerprint density at radius 3 is 0.704 bits per heavy atom. The summed E-state index contributed by atoms with van der Waals surface area (Å²) in [6.45, 7) is 6.68. The van der Waals surface area contributed by atoms with Gasteiger partial charge in [0.2, 0.25) is 0 Å². The second kappa shape index (κ2) is 60.7. The predicted molar refractivity (Wildman–Crippen MR) is 307 cm³/mol. The quantitative estimate of drug-likeness (QED) is 0.0261. The molecule has 0 aromatic rings. The summed E-state index contributed by atoms with van der Waals surface area (Å²) in [4.78, 5) is 38.1. The summed E-state index contributed by atoms with van der Waals surface area (Å²) >= 11 is 0. The Balaban J connectivity index is 4.11. The molecule has 0 amide bonds. The molecule has 0 fully saturated rings. The predicted octanol–water partition coefficient (Wildman–Crippen LogP) is 21.7. The van der Waals surface area contributed by atoms with E-state index in [9.17, 15) is 14.4 Å². The van der Waals surface area contributed by atoms with Crippen LogP contribution in [0.4, 0.5) is 0 Å². The highest BCUT2D eigenvalue weighted by Gasteiger charge is 2.19. The topological polar surface area (TPSA) is 78.9 Å². The molecule has 0 saturated carbocycles. The Labute approximate surface area is 443 Å². The summed E-state index contributed by atoms with van der Waals surface area (Å²) in [6.07, 6.45) is 71.0. The van der Waals surface area contributed by atoms with Gasteiger partial charge in [-0.05, 0) is 44.9 Å². The van der Waals surface area contributed by atoms with Gasteiger partial charge in [0.05, 0.1) is 0 Å². The molecular weight excluding hydrogens is 877 g/mol. The largest absolute Gasteiger partial charge is 0.462 e. The number of esters is 3. The minimum absolute atomic E-state index is 0.0645. The van der Waals surface area contributed by atoms with Gasteiger partial charge in [-0.1, -0.05) is 315 Å². The first-order valence-corrected chi connectivity index (χ1v) is 32.2. The van der Waals surface area contributed by atoms with Crippen molar-refractivity contribution >= 4 is 17.9 Å². The second-order valence-corrected chi connectivity index (χ2v) is 22.0. The Hall–Kier alpha value is -1.85. The number of carbonyl (C=O) groups excluding carboxylic acids is 3. The SMILES string of the molecule is CCCCCCCCCC/C=C\CCCCCCCCCCCCCC(=O)OCC(COC(=O)CCCCCCCCCC)OC(=O)CCCCCCCCCCCCCCCCCCCCCCCC. The molecule has 420 valence electrons. The molecule has 1 unspecified atom stereocenters. The van der Waals surface area contributed by atoms with Gasteiger partial charge in [0, 0.05) is 19.3 Å². The smallest absolute Gasteiger partial charge is 0.306 e. The molecular formula is C65H124O6. The third-order valence-corrected chi connectivity index (χ3v) is 14.8. The van der Waals surface area contributed by atoms with Crippen molar-refractivity contribution in [2.24, 2.45) is 0 Å². The van der Waals surface area contributed by atoms with Gasteiger partial charge in [-0.2, -0.15) is 0 Å². The highest BCUT2D eigenvalue weighted by molar-refractivity contribution is 5.71. The second-order valence-electron chi connectivity index (χ2n) is 22.0. The minimum atomic E-state index is -0.764. The normalized spacial score (nSPS) is 12.0. The van der Waals surface area contributed by atoms with Crippen molar-refractivity contribution in [1.29, 1.82) is 0 Å². The Kier molecular flexibility index (Phi) is 59.1. The van der Waals surface area contributed by atoms with Crippen LogP contribution in [0.3, 0.4) is 0 Å². The first-order chi connectivity index (χ1) is 35.0. The van der Waals surface area contributed by atoms with Crippen LogP contribution in [0.2, 0.25) is 0 Å². The van der Waals surface area contributed by atoms with Gasteiger partial charge in [-0.15, -0.1) is 0 Å². The van der Waals surface area contributed by atoms with E-state index in [2.05, 4.69) is 32.9 Å². The summed E-state index contributed by atoms with van der Waals surface area (Å²) in [6, 6.07) is 0. The van der Waals surface area contributed by atoms with Crippen molar-refractivity contribution in [2.75, 3.05) is 13.2 Å². The number of hydrogen-bond acceptors (Lipinski definition) is 6. The lowest BCUT2D eigenvalue weighted by Gasteiger charge is -2.18. The zero-order valence-corrected chi connectivity index (χ0v) is 48.3. The number of rotatable bonds is 60. The van der Waals surface area contributed by atoms with E-state index in [1.54, 1.807) is 0 Å². The average Bonchev–Trinajstić information content (AvgIpc) is 3.37. The van der Waals surface area contributed by atoms with E-state index in [-0.39, 0.29) is 31.1 Å². The number of unbranched alkanes of at least 4 members (excludes halogenated alkanes) is 47. The Bertz CT molecular complexity index is 1100. The van der Waals surface area contributed by atoms with Gasteiger partial charge < -0.3 is 14.2 Å². The third kappa shape index (κ3) is 58.9. The molecule has 0 heterocycles. The molecule has 71 heavy (non-hydrogen) atoms. The Morgan fingerprint density at radius 2 is 0.465 bits per heavy atom. The molecule has 0 saturated heterocycles. The Morgan fingerprint density at radius 1 is 0.268 bits per heavy atom. The van der Waals surface area contributed by atoms with Gasteiger partial charge in [0.25, 0.3) is 0 Å². The van der Waals surface area contributed by atoms with Gasteiger partial charge >= 0.3 is 17.9 Å². The molecule has 0 spiro atoms. The van der Waals surface area contributed by atoms with Crippen LogP contribution in [0, 0.1) is 0 Å². The molecule has 0 aromatic heterocycles. The molecule has 0 aliphatic heterocycles. The van der Waals surface area contributed by atoms with Crippen molar-refractivity contribution in [1.82, 2.24) is 0 Å².